The molecule has 0 aliphatic carbocycles. The molecule has 6 heteroatoms. The van der Waals surface area contributed by atoms with Gasteiger partial charge in [-0.25, -0.2) is 4.98 Å². The first-order chi connectivity index (χ1) is 8.61. The van der Waals surface area contributed by atoms with Crippen LogP contribution in [0.25, 0.3) is 0 Å². The number of anilines is 1. The fourth-order valence-electron chi connectivity index (χ4n) is 1.34. The van der Waals surface area contributed by atoms with E-state index in [2.05, 4.69) is 16.4 Å². The molecule has 1 heterocycles. The topological polar surface area (TPSA) is 95.2 Å². The molecule has 6 nitrogen and oxygen atoms in total. The molecule has 1 aromatic rings. The highest BCUT2D eigenvalue weighted by Gasteiger charge is 2.00. The second kappa shape index (κ2) is 7.25. The van der Waals surface area contributed by atoms with Crippen molar-refractivity contribution < 1.29 is 14.6 Å². The highest BCUT2D eigenvalue weighted by molar-refractivity contribution is 5.66. The molecule has 2 N–H and O–H groups in total. The Morgan fingerprint density at radius 2 is 2.33 bits per heavy atom. The Kier molecular flexibility index (Phi) is 5.61. The molecule has 0 aromatic carbocycles. The van der Waals surface area contributed by atoms with Gasteiger partial charge < -0.3 is 15.2 Å². The summed E-state index contributed by atoms with van der Waals surface area (Å²) in [5.41, 5.74) is 1.32. The Hall–Kier alpha value is -2.13. The van der Waals surface area contributed by atoms with Crippen molar-refractivity contribution >= 4 is 11.8 Å². The van der Waals surface area contributed by atoms with Crippen molar-refractivity contribution in [2.45, 2.75) is 13.3 Å². The van der Waals surface area contributed by atoms with Crippen molar-refractivity contribution in [3.8, 4) is 6.07 Å². The Labute approximate surface area is 105 Å². The van der Waals surface area contributed by atoms with Crippen LogP contribution >= 0.6 is 0 Å². The van der Waals surface area contributed by atoms with E-state index >= 15 is 0 Å². The zero-order chi connectivity index (χ0) is 13.4. The standard InChI is InChI=1S/C12H15N3O3/c1-9-6-10(8-13)7-11(15-9)14-3-5-18-4-2-12(16)17/h6-7H,2-5H2,1H3,(H,14,15)(H,16,17). The first-order valence-corrected chi connectivity index (χ1v) is 5.54. The largest absolute Gasteiger partial charge is 0.481 e. The summed E-state index contributed by atoms with van der Waals surface area (Å²) in [4.78, 5) is 14.4. The van der Waals surface area contributed by atoms with Crippen LogP contribution in [0.3, 0.4) is 0 Å². The predicted octanol–water partition coefficient (Wildman–Crippen LogP) is 1.16. The zero-order valence-corrected chi connectivity index (χ0v) is 10.1. The summed E-state index contributed by atoms with van der Waals surface area (Å²) in [6.45, 7) is 2.92. The quantitative estimate of drug-likeness (QED) is 0.704. The molecule has 0 atom stereocenters. The van der Waals surface area contributed by atoms with Gasteiger partial charge in [0.1, 0.15) is 5.82 Å². The molecule has 0 fully saturated rings. The lowest BCUT2D eigenvalue weighted by Crippen LogP contribution is -2.12. The Balaban J connectivity index is 2.29. The summed E-state index contributed by atoms with van der Waals surface area (Å²) in [6.07, 6.45) is 0.00127. The molecular weight excluding hydrogens is 234 g/mol. The third-order valence-electron chi connectivity index (χ3n) is 2.10. The van der Waals surface area contributed by atoms with E-state index in [-0.39, 0.29) is 13.0 Å². The minimum absolute atomic E-state index is 0.00127. The Morgan fingerprint density at radius 3 is 3.00 bits per heavy atom. The molecule has 0 unspecified atom stereocenters. The van der Waals surface area contributed by atoms with Crippen molar-refractivity contribution in [1.82, 2.24) is 4.98 Å². The van der Waals surface area contributed by atoms with Crippen LogP contribution in [0.5, 0.6) is 0 Å². The smallest absolute Gasteiger partial charge is 0.305 e. The van der Waals surface area contributed by atoms with Crippen molar-refractivity contribution in [3.05, 3.63) is 23.4 Å². The van der Waals surface area contributed by atoms with Crippen molar-refractivity contribution in [3.63, 3.8) is 0 Å². The minimum atomic E-state index is -0.873. The lowest BCUT2D eigenvalue weighted by molar-refractivity contribution is -0.138. The number of aromatic nitrogens is 1. The molecule has 0 aliphatic heterocycles. The van der Waals surface area contributed by atoms with E-state index < -0.39 is 5.97 Å². The molecule has 0 amide bonds. The third kappa shape index (κ3) is 5.27. The van der Waals surface area contributed by atoms with E-state index in [1.54, 1.807) is 12.1 Å². The summed E-state index contributed by atoms with van der Waals surface area (Å²) in [5, 5.41) is 20.2. The predicted molar refractivity (Wildman–Crippen MR) is 65.3 cm³/mol. The summed E-state index contributed by atoms with van der Waals surface area (Å²) in [7, 11) is 0. The van der Waals surface area contributed by atoms with Crippen LogP contribution < -0.4 is 5.32 Å². The molecule has 0 aliphatic rings. The van der Waals surface area contributed by atoms with Gasteiger partial charge in [-0.15, -0.1) is 0 Å². The number of aryl methyl sites for hydroxylation is 1. The van der Waals surface area contributed by atoms with Crippen LogP contribution in [0.2, 0.25) is 0 Å². The average Bonchev–Trinajstić information content (AvgIpc) is 2.32. The molecule has 0 bridgehead atoms. The van der Waals surface area contributed by atoms with Gasteiger partial charge in [-0.3, -0.25) is 4.79 Å². The third-order valence-corrected chi connectivity index (χ3v) is 2.10. The minimum Gasteiger partial charge on any atom is -0.481 e. The summed E-state index contributed by atoms with van der Waals surface area (Å²) in [6, 6.07) is 5.41. The fourth-order valence-corrected chi connectivity index (χ4v) is 1.34. The molecule has 1 rings (SSSR count). The lowest BCUT2D eigenvalue weighted by Gasteiger charge is -2.07. The molecule has 18 heavy (non-hydrogen) atoms. The van der Waals surface area contributed by atoms with Gasteiger partial charge in [-0.1, -0.05) is 0 Å². The van der Waals surface area contributed by atoms with Crippen LogP contribution in [0, 0.1) is 18.3 Å². The van der Waals surface area contributed by atoms with E-state index in [0.29, 0.717) is 24.5 Å². The number of nitrogens with zero attached hydrogens (tertiary/aromatic N) is 2. The van der Waals surface area contributed by atoms with Gasteiger partial charge in [0.05, 0.1) is 31.3 Å². The number of hydrogen-bond acceptors (Lipinski definition) is 5. The number of pyridine rings is 1. The summed E-state index contributed by atoms with van der Waals surface area (Å²) < 4.78 is 5.12. The van der Waals surface area contributed by atoms with Gasteiger partial charge >= 0.3 is 5.97 Å². The molecule has 96 valence electrons. The van der Waals surface area contributed by atoms with E-state index in [0.717, 1.165) is 5.69 Å². The van der Waals surface area contributed by atoms with Crippen molar-refractivity contribution in [2.75, 3.05) is 25.1 Å². The highest BCUT2D eigenvalue weighted by Crippen LogP contribution is 2.08. The highest BCUT2D eigenvalue weighted by atomic mass is 16.5. The van der Waals surface area contributed by atoms with Gasteiger partial charge in [0.2, 0.25) is 0 Å². The number of hydrogen-bond donors (Lipinski definition) is 2. The van der Waals surface area contributed by atoms with E-state index in [9.17, 15) is 4.79 Å². The molecule has 0 saturated carbocycles. The summed E-state index contributed by atoms with van der Waals surface area (Å²) in [5.74, 6) is -0.254. The monoisotopic (exact) mass is 249 g/mol. The number of aliphatic carboxylic acids is 1. The zero-order valence-electron chi connectivity index (χ0n) is 10.1. The molecule has 0 radical (unpaired) electrons. The van der Waals surface area contributed by atoms with E-state index in [1.165, 1.54) is 0 Å². The van der Waals surface area contributed by atoms with Crippen LogP contribution in [0.15, 0.2) is 12.1 Å². The van der Waals surface area contributed by atoms with Crippen LogP contribution in [0.4, 0.5) is 5.82 Å². The Bertz CT molecular complexity index is 454. The fraction of sp³-hybridized carbons (Fsp3) is 0.417. The maximum Gasteiger partial charge on any atom is 0.305 e. The first-order valence-electron chi connectivity index (χ1n) is 5.54. The number of rotatable bonds is 7. The number of carboxylic acid groups (broad SMARTS) is 1. The molecule has 0 saturated heterocycles. The maximum absolute atomic E-state index is 10.2. The molecular formula is C12H15N3O3. The molecule has 1 aromatic heterocycles. The average molecular weight is 249 g/mol. The van der Waals surface area contributed by atoms with Crippen molar-refractivity contribution in [2.24, 2.45) is 0 Å². The number of carbonyl (C=O) groups is 1. The second-order valence-corrected chi connectivity index (χ2v) is 3.68. The number of carboxylic acids is 1. The molecule has 0 spiro atoms. The lowest BCUT2D eigenvalue weighted by atomic mass is 10.2. The first kappa shape index (κ1) is 13.9. The SMILES string of the molecule is Cc1cc(C#N)cc(NCCOCCC(=O)O)n1. The van der Waals surface area contributed by atoms with Gasteiger partial charge in [0, 0.05) is 12.2 Å². The van der Waals surface area contributed by atoms with Gasteiger partial charge in [-0.2, -0.15) is 5.26 Å². The maximum atomic E-state index is 10.2. The van der Waals surface area contributed by atoms with E-state index in [4.69, 9.17) is 15.1 Å². The normalized spacial score (nSPS) is 9.78. The Morgan fingerprint density at radius 1 is 1.56 bits per heavy atom. The van der Waals surface area contributed by atoms with Crippen molar-refractivity contribution in [1.29, 1.82) is 5.26 Å². The van der Waals surface area contributed by atoms with E-state index in [1.807, 2.05) is 6.92 Å². The second-order valence-electron chi connectivity index (χ2n) is 3.68. The van der Waals surface area contributed by atoms with Crippen LogP contribution in [-0.2, 0) is 9.53 Å². The van der Waals surface area contributed by atoms with Crippen LogP contribution in [0.1, 0.15) is 17.7 Å². The van der Waals surface area contributed by atoms with Crippen LogP contribution in [-0.4, -0.2) is 35.8 Å². The number of ether oxygens (including phenoxy) is 1. The van der Waals surface area contributed by atoms with Gasteiger partial charge in [0.25, 0.3) is 0 Å². The van der Waals surface area contributed by atoms with Gasteiger partial charge in [0.15, 0.2) is 0 Å². The number of nitriles is 1. The van der Waals surface area contributed by atoms with Gasteiger partial charge in [-0.05, 0) is 19.1 Å². The number of nitrogens with one attached hydrogen (secondary N) is 1. The summed E-state index contributed by atoms with van der Waals surface area (Å²) >= 11 is 0.